The van der Waals surface area contributed by atoms with Crippen molar-refractivity contribution in [2.75, 3.05) is 27.4 Å². The minimum Gasteiger partial charge on any atom is -0.497 e. The first-order valence-electron chi connectivity index (χ1n) is 7.12. The molecule has 0 saturated carbocycles. The number of rotatable bonds is 8. The average molecular weight is 306 g/mol. The van der Waals surface area contributed by atoms with Gasteiger partial charge in [0.05, 0.1) is 26.5 Å². The van der Waals surface area contributed by atoms with Crippen molar-refractivity contribution in [3.8, 4) is 11.5 Å². The molecule has 0 aliphatic rings. The second-order valence-corrected chi connectivity index (χ2v) is 5.04. The lowest BCUT2D eigenvalue weighted by molar-refractivity contribution is 0.179. The first-order chi connectivity index (χ1) is 10.7. The standard InChI is InChI=1S/C16H22N2O4/c1-12-8-14(17-22-12)11-18(6-7-19)10-13-9-15(20-2)4-5-16(13)21-3/h4-5,8-9,19H,6-7,10-11H2,1-3H3. The van der Waals surface area contributed by atoms with Gasteiger partial charge in [-0.2, -0.15) is 0 Å². The maximum Gasteiger partial charge on any atom is 0.133 e. The van der Waals surface area contributed by atoms with E-state index in [1.165, 1.54) is 0 Å². The fraction of sp³-hybridized carbons (Fsp3) is 0.438. The molecule has 2 rings (SSSR count). The first kappa shape index (κ1) is 16.3. The van der Waals surface area contributed by atoms with Crippen LogP contribution in [0, 0.1) is 6.92 Å². The second kappa shape index (κ2) is 7.82. The molecule has 1 aromatic heterocycles. The van der Waals surface area contributed by atoms with E-state index < -0.39 is 0 Å². The van der Waals surface area contributed by atoms with Crippen LogP contribution in [0.15, 0.2) is 28.8 Å². The van der Waals surface area contributed by atoms with Crippen molar-refractivity contribution in [3.05, 3.63) is 41.3 Å². The number of aryl methyl sites for hydroxylation is 1. The minimum atomic E-state index is 0.0725. The van der Waals surface area contributed by atoms with Crippen molar-refractivity contribution in [2.24, 2.45) is 0 Å². The quantitative estimate of drug-likeness (QED) is 0.804. The number of benzene rings is 1. The Morgan fingerprint density at radius 2 is 2.00 bits per heavy atom. The Morgan fingerprint density at radius 1 is 1.18 bits per heavy atom. The highest BCUT2D eigenvalue weighted by Gasteiger charge is 2.13. The van der Waals surface area contributed by atoms with E-state index in [-0.39, 0.29) is 6.61 Å². The van der Waals surface area contributed by atoms with Crippen LogP contribution in [0.25, 0.3) is 0 Å². The molecule has 1 heterocycles. The summed E-state index contributed by atoms with van der Waals surface area (Å²) in [6.07, 6.45) is 0. The van der Waals surface area contributed by atoms with Crippen LogP contribution in [0.5, 0.6) is 11.5 Å². The van der Waals surface area contributed by atoms with Crippen LogP contribution in [-0.4, -0.2) is 42.5 Å². The van der Waals surface area contributed by atoms with E-state index in [4.69, 9.17) is 14.0 Å². The molecule has 0 bridgehead atoms. The number of aliphatic hydroxyl groups is 1. The van der Waals surface area contributed by atoms with Gasteiger partial charge in [-0.25, -0.2) is 0 Å². The molecule has 0 radical (unpaired) electrons. The Morgan fingerprint density at radius 3 is 2.59 bits per heavy atom. The molecule has 0 saturated heterocycles. The molecule has 6 nitrogen and oxygen atoms in total. The summed E-state index contributed by atoms with van der Waals surface area (Å²) >= 11 is 0. The van der Waals surface area contributed by atoms with Gasteiger partial charge in [0.1, 0.15) is 17.3 Å². The Kier molecular flexibility index (Phi) is 5.80. The smallest absolute Gasteiger partial charge is 0.133 e. The van der Waals surface area contributed by atoms with Crippen LogP contribution in [0.1, 0.15) is 17.0 Å². The predicted octanol–water partition coefficient (Wildman–Crippen LogP) is 1.99. The largest absolute Gasteiger partial charge is 0.497 e. The molecule has 0 unspecified atom stereocenters. The van der Waals surface area contributed by atoms with Crippen molar-refractivity contribution in [3.63, 3.8) is 0 Å². The lowest BCUT2D eigenvalue weighted by Crippen LogP contribution is -2.26. The molecule has 0 aliphatic carbocycles. The van der Waals surface area contributed by atoms with Crippen LogP contribution >= 0.6 is 0 Å². The zero-order chi connectivity index (χ0) is 15.9. The molecular formula is C16H22N2O4. The van der Waals surface area contributed by atoms with E-state index >= 15 is 0 Å². The van der Waals surface area contributed by atoms with Crippen molar-refractivity contribution < 1.29 is 19.1 Å². The number of ether oxygens (including phenoxy) is 2. The van der Waals surface area contributed by atoms with Gasteiger partial charge in [0.2, 0.25) is 0 Å². The lowest BCUT2D eigenvalue weighted by Gasteiger charge is -2.21. The fourth-order valence-corrected chi connectivity index (χ4v) is 2.32. The van der Waals surface area contributed by atoms with E-state index in [0.717, 1.165) is 28.5 Å². The number of hydrogen-bond donors (Lipinski definition) is 1. The van der Waals surface area contributed by atoms with Crippen LogP contribution in [0.4, 0.5) is 0 Å². The maximum atomic E-state index is 9.28. The van der Waals surface area contributed by atoms with Crippen LogP contribution in [0.3, 0.4) is 0 Å². The minimum absolute atomic E-state index is 0.0725. The molecule has 0 fully saturated rings. The third kappa shape index (κ3) is 4.22. The molecule has 2 aromatic rings. The Hall–Kier alpha value is -2.05. The monoisotopic (exact) mass is 306 g/mol. The van der Waals surface area contributed by atoms with Crippen molar-refractivity contribution in [1.29, 1.82) is 0 Å². The number of nitrogens with zero attached hydrogens (tertiary/aromatic N) is 2. The van der Waals surface area contributed by atoms with Gasteiger partial charge in [0, 0.05) is 31.3 Å². The molecule has 1 N–H and O–H groups in total. The third-order valence-electron chi connectivity index (χ3n) is 3.36. The Bertz CT molecular complexity index is 598. The topological polar surface area (TPSA) is 68.0 Å². The molecule has 0 amide bonds. The number of aromatic nitrogens is 1. The summed E-state index contributed by atoms with van der Waals surface area (Å²) in [7, 11) is 3.28. The van der Waals surface area contributed by atoms with Crippen LogP contribution in [0.2, 0.25) is 0 Å². The van der Waals surface area contributed by atoms with Gasteiger partial charge in [0.25, 0.3) is 0 Å². The van der Waals surface area contributed by atoms with Crippen molar-refractivity contribution in [2.45, 2.75) is 20.0 Å². The van der Waals surface area contributed by atoms with E-state index in [1.54, 1.807) is 14.2 Å². The van der Waals surface area contributed by atoms with Gasteiger partial charge in [-0.3, -0.25) is 4.90 Å². The first-order valence-corrected chi connectivity index (χ1v) is 7.12. The zero-order valence-electron chi connectivity index (χ0n) is 13.2. The SMILES string of the molecule is COc1ccc(OC)c(CN(CCO)Cc2cc(C)on2)c1. The summed E-state index contributed by atoms with van der Waals surface area (Å²) in [6, 6.07) is 7.58. The second-order valence-electron chi connectivity index (χ2n) is 5.04. The fourth-order valence-electron chi connectivity index (χ4n) is 2.32. The molecule has 22 heavy (non-hydrogen) atoms. The average Bonchev–Trinajstić information content (AvgIpc) is 2.92. The molecule has 0 atom stereocenters. The molecule has 1 aromatic carbocycles. The summed E-state index contributed by atoms with van der Waals surface area (Å²) in [5, 5.41) is 13.3. The third-order valence-corrected chi connectivity index (χ3v) is 3.36. The lowest BCUT2D eigenvalue weighted by atomic mass is 10.1. The zero-order valence-corrected chi connectivity index (χ0v) is 13.2. The molecule has 120 valence electrons. The van der Waals surface area contributed by atoms with Gasteiger partial charge in [-0.15, -0.1) is 0 Å². The van der Waals surface area contributed by atoms with E-state index in [2.05, 4.69) is 10.1 Å². The number of methoxy groups -OCH3 is 2. The summed E-state index contributed by atoms with van der Waals surface area (Å²) < 4.78 is 15.8. The molecule has 0 spiro atoms. The highest BCUT2D eigenvalue weighted by molar-refractivity contribution is 5.40. The number of aliphatic hydroxyl groups excluding tert-OH is 1. The highest BCUT2D eigenvalue weighted by atomic mass is 16.5. The summed E-state index contributed by atoms with van der Waals surface area (Å²) in [4.78, 5) is 2.08. The van der Waals surface area contributed by atoms with Crippen molar-refractivity contribution in [1.82, 2.24) is 10.1 Å². The van der Waals surface area contributed by atoms with Crippen molar-refractivity contribution >= 4 is 0 Å². The summed E-state index contributed by atoms with van der Waals surface area (Å²) in [5.74, 6) is 2.34. The molecule has 0 aliphatic heterocycles. The van der Waals surface area contributed by atoms with E-state index in [1.807, 2.05) is 31.2 Å². The highest BCUT2D eigenvalue weighted by Crippen LogP contribution is 2.25. The summed E-state index contributed by atoms with van der Waals surface area (Å²) in [6.45, 7) is 3.68. The Balaban J connectivity index is 2.16. The maximum absolute atomic E-state index is 9.28. The number of hydrogen-bond acceptors (Lipinski definition) is 6. The normalized spacial score (nSPS) is 11.0. The van der Waals surface area contributed by atoms with Gasteiger partial charge < -0.3 is 19.1 Å². The summed E-state index contributed by atoms with van der Waals surface area (Å²) in [5.41, 5.74) is 1.84. The van der Waals surface area contributed by atoms with Gasteiger partial charge in [0.15, 0.2) is 0 Å². The Labute approximate surface area is 130 Å². The molecular weight excluding hydrogens is 284 g/mol. The van der Waals surface area contributed by atoms with Gasteiger partial charge in [-0.05, 0) is 25.1 Å². The van der Waals surface area contributed by atoms with E-state index in [9.17, 15) is 5.11 Å². The van der Waals surface area contributed by atoms with E-state index in [0.29, 0.717) is 19.6 Å². The van der Waals surface area contributed by atoms with Gasteiger partial charge >= 0.3 is 0 Å². The van der Waals surface area contributed by atoms with Crippen LogP contribution < -0.4 is 9.47 Å². The van der Waals surface area contributed by atoms with Crippen LogP contribution in [-0.2, 0) is 13.1 Å². The molecule has 6 heteroatoms. The predicted molar refractivity (Wildman–Crippen MR) is 82.0 cm³/mol. The van der Waals surface area contributed by atoms with Gasteiger partial charge in [-0.1, -0.05) is 5.16 Å².